The van der Waals surface area contributed by atoms with E-state index >= 15 is 0 Å². The van der Waals surface area contributed by atoms with Gasteiger partial charge in [-0.15, -0.1) is 0 Å². The fourth-order valence-electron chi connectivity index (χ4n) is 3.60. The van der Waals surface area contributed by atoms with E-state index in [4.69, 9.17) is 4.74 Å². The van der Waals surface area contributed by atoms with E-state index in [0.717, 1.165) is 30.7 Å². The average Bonchev–Trinajstić information content (AvgIpc) is 3.06. The number of benzene rings is 2. The van der Waals surface area contributed by atoms with Crippen LogP contribution in [0.1, 0.15) is 50.6 Å². The Morgan fingerprint density at radius 2 is 1.89 bits per heavy atom. The topological polar surface area (TPSA) is 41.6 Å². The fraction of sp³-hybridized carbons (Fsp3) is 0.476. The molecule has 28 heavy (non-hydrogen) atoms. The molecule has 0 aromatic heterocycles. The van der Waals surface area contributed by atoms with Crippen LogP contribution in [-0.2, 0) is 4.79 Å². The standard InChI is InChI=1S/C21H25F3N2O2/c1-2-3-4-5-14-28-17-11-7-9-15-8-6-10-16(19(15)17)20(21(22,23)24)26-13-12-18(27)25-26/h6-11,20H,2-5,12-14H2,1H3,(H,25,27). The third kappa shape index (κ3) is 4.58. The van der Waals surface area contributed by atoms with Gasteiger partial charge in [-0.3, -0.25) is 10.2 Å². The van der Waals surface area contributed by atoms with Gasteiger partial charge in [0.2, 0.25) is 5.91 Å². The maximum absolute atomic E-state index is 14.0. The number of hydrogen-bond acceptors (Lipinski definition) is 3. The van der Waals surface area contributed by atoms with Crippen LogP contribution in [-0.4, -0.2) is 30.2 Å². The molecular weight excluding hydrogens is 369 g/mol. The maximum Gasteiger partial charge on any atom is 0.409 e. The molecule has 1 aliphatic rings. The molecule has 1 N–H and O–H groups in total. The monoisotopic (exact) mass is 394 g/mol. The van der Waals surface area contributed by atoms with Gasteiger partial charge in [-0.05, 0) is 23.4 Å². The van der Waals surface area contributed by atoms with Crippen molar-refractivity contribution in [3.05, 3.63) is 42.0 Å². The van der Waals surface area contributed by atoms with E-state index in [1.807, 2.05) is 0 Å². The van der Waals surface area contributed by atoms with Crippen LogP contribution in [0.2, 0.25) is 0 Å². The Hall–Kier alpha value is -2.28. The number of rotatable bonds is 8. The molecule has 0 radical (unpaired) electrons. The normalized spacial score (nSPS) is 16.4. The molecule has 1 fully saturated rings. The van der Waals surface area contributed by atoms with E-state index in [9.17, 15) is 18.0 Å². The van der Waals surface area contributed by atoms with Gasteiger partial charge in [-0.25, -0.2) is 5.01 Å². The Morgan fingerprint density at radius 3 is 2.54 bits per heavy atom. The highest BCUT2D eigenvalue weighted by molar-refractivity contribution is 5.92. The molecule has 0 spiro atoms. The predicted molar refractivity (Wildman–Crippen MR) is 102 cm³/mol. The maximum atomic E-state index is 14.0. The summed E-state index contributed by atoms with van der Waals surface area (Å²) in [4.78, 5) is 11.5. The van der Waals surface area contributed by atoms with Crippen LogP contribution in [0.5, 0.6) is 5.75 Å². The highest BCUT2D eigenvalue weighted by Gasteiger charge is 2.47. The number of hydrogen-bond donors (Lipinski definition) is 1. The quantitative estimate of drug-likeness (QED) is 0.631. The molecule has 7 heteroatoms. The molecule has 1 aliphatic heterocycles. The molecule has 1 unspecified atom stereocenters. The van der Waals surface area contributed by atoms with Crippen molar-refractivity contribution in [3.63, 3.8) is 0 Å². The highest BCUT2D eigenvalue weighted by atomic mass is 19.4. The minimum atomic E-state index is -4.54. The Kier molecular flexibility index (Phi) is 6.44. The van der Waals surface area contributed by atoms with Crippen LogP contribution in [0.4, 0.5) is 13.2 Å². The zero-order chi connectivity index (χ0) is 20.1. The SMILES string of the molecule is CCCCCCOc1cccc2cccc(C(N3CCC(=O)N3)C(F)(F)F)c12. The minimum absolute atomic E-state index is 0.0133. The van der Waals surface area contributed by atoms with Crippen molar-refractivity contribution in [1.29, 1.82) is 0 Å². The van der Waals surface area contributed by atoms with E-state index < -0.39 is 18.1 Å². The summed E-state index contributed by atoms with van der Waals surface area (Å²) in [5.74, 6) is 0.0475. The number of hydrazine groups is 1. The molecule has 2 aromatic carbocycles. The summed E-state index contributed by atoms with van der Waals surface area (Å²) < 4.78 is 47.9. The molecule has 1 heterocycles. The van der Waals surface area contributed by atoms with Crippen LogP contribution in [0.3, 0.4) is 0 Å². The summed E-state index contributed by atoms with van der Waals surface area (Å²) in [6, 6.07) is 8.20. The Morgan fingerprint density at radius 1 is 1.14 bits per heavy atom. The van der Waals surface area contributed by atoms with Crippen LogP contribution in [0.25, 0.3) is 10.8 Å². The van der Waals surface area contributed by atoms with Crippen molar-refractivity contribution in [3.8, 4) is 5.75 Å². The highest BCUT2D eigenvalue weighted by Crippen LogP contribution is 2.43. The lowest BCUT2D eigenvalue weighted by Gasteiger charge is -2.30. The smallest absolute Gasteiger partial charge is 0.409 e. The number of carbonyl (C=O) groups is 1. The Balaban J connectivity index is 1.98. The van der Waals surface area contributed by atoms with E-state index in [1.165, 1.54) is 6.07 Å². The number of unbranched alkanes of at least 4 members (excludes halogenated alkanes) is 3. The number of halogens is 3. The van der Waals surface area contributed by atoms with Crippen molar-refractivity contribution in [2.45, 2.75) is 51.2 Å². The molecule has 1 amide bonds. The number of nitrogens with zero attached hydrogens (tertiary/aromatic N) is 1. The number of carbonyl (C=O) groups excluding carboxylic acids is 1. The third-order valence-corrected chi connectivity index (χ3v) is 4.92. The van der Waals surface area contributed by atoms with Crippen LogP contribution in [0, 0.1) is 0 Å². The molecule has 2 aromatic rings. The second-order valence-corrected chi connectivity index (χ2v) is 7.03. The van der Waals surface area contributed by atoms with Crippen LogP contribution in [0.15, 0.2) is 36.4 Å². The number of fused-ring (bicyclic) bond motifs is 1. The van der Waals surface area contributed by atoms with E-state index in [1.54, 1.807) is 30.3 Å². The average molecular weight is 394 g/mol. The van der Waals surface area contributed by atoms with Gasteiger partial charge in [-0.1, -0.05) is 56.5 Å². The summed E-state index contributed by atoms with van der Waals surface area (Å²) in [6.45, 7) is 2.59. The first kappa shape index (κ1) is 20.5. The first-order valence-electron chi connectivity index (χ1n) is 9.69. The van der Waals surface area contributed by atoms with Crippen LogP contribution >= 0.6 is 0 Å². The fourth-order valence-corrected chi connectivity index (χ4v) is 3.60. The second kappa shape index (κ2) is 8.82. The molecule has 152 valence electrons. The lowest BCUT2D eigenvalue weighted by atomic mass is 9.97. The zero-order valence-electron chi connectivity index (χ0n) is 15.9. The Labute approximate surface area is 162 Å². The van der Waals surface area contributed by atoms with Gasteiger partial charge in [0.15, 0.2) is 6.04 Å². The summed E-state index contributed by atoms with van der Waals surface area (Å²) in [6.07, 6.45) is -0.392. The molecule has 0 saturated carbocycles. The summed E-state index contributed by atoms with van der Waals surface area (Å²) in [5, 5.41) is 2.11. The second-order valence-electron chi connectivity index (χ2n) is 7.03. The number of amides is 1. The van der Waals surface area contributed by atoms with Gasteiger partial charge in [0, 0.05) is 18.4 Å². The van der Waals surface area contributed by atoms with Crippen molar-refractivity contribution >= 4 is 16.7 Å². The van der Waals surface area contributed by atoms with Crippen molar-refractivity contribution in [2.24, 2.45) is 0 Å². The van der Waals surface area contributed by atoms with E-state index in [-0.39, 0.29) is 18.5 Å². The largest absolute Gasteiger partial charge is 0.493 e. The Bertz CT molecular complexity index is 818. The minimum Gasteiger partial charge on any atom is -0.493 e. The van der Waals surface area contributed by atoms with Gasteiger partial charge in [0.05, 0.1) is 6.61 Å². The molecule has 3 rings (SSSR count). The predicted octanol–water partition coefficient (Wildman–Crippen LogP) is 5.14. The van der Waals surface area contributed by atoms with Crippen molar-refractivity contribution in [2.75, 3.05) is 13.2 Å². The summed E-state index contributed by atoms with van der Waals surface area (Å²) in [5.41, 5.74) is 2.44. The van der Waals surface area contributed by atoms with Gasteiger partial charge in [0.25, 0.3) is 0 Å². The van der Waals surface area contributed by atoms with Crippen molar-refractivity contribution in [1.82, 2.24) is 10.4 Å². The number of nitrogens with one attached hydrogen (secondary N) is 1. The first-order chi connectivity index (χ1) is 13.4. The van der Waals surface area contributed by atoms with Gasteiger partial charge in [0.1, 0.15) is 5.75 Å². The third-order valence-electron chi connectivity index (χ3n) is 4.92. The molecular formula is C21H25F3N2O2. The molecule has 1 atom stereocenters. The summed E-state index contributed by atoms with van der Waals surface area (Å²) >= 11 is 0. The molecule has 0 bridgehead atoms. The number of ether oxygens (including phenoxy) is 1. The number of alkyl halides is 3. The van der Waals surface area contributed by atoms with Crippen LogP contribution < -0.4 is 10.2 Å². The first-order valence-corrected chi connectivity index (χ1v) is 9.69. The van der Waals surface area contributed by atoms with Gasteiger partial charge in [-0.2, -0.15) is 13.2 Å². The molecule has 4 nitrogen and oxygen atoms in total. The lowest BCUT2D eigenvalue weighted by Crippen LogP contribution is -2.43. The van der Waals surface area contributed by atoms with Gasteiger partial charge < -0.3 is 4.74 Å². The van der Waals surface area contributed by atoms with Crippen molar-refractivity contribution < 1.29 is 22.7 Å². The summed E-state index contributed by atoms with van der Waals surface area (Å²) in [7, 11) is 0. The van der Waals surface area contributed by atoms with E-state index in [2.05, 4.69) is 12.3 Å². The lowest BCUT2D eigenvalue weighted by molar-refractivity contribution is -0.190. The van der Waals surface area contributed by atoms with Gasteiger partial charge >= 0.3 is 6.18 Å². The van der Waals surface area contributed by atoms with E-state index in [0.29, 0.717) is 23.1 Å². The molecule has 1 saturated heterocycles. The zero-order valence-corrected chi connectivity index (χ0v) is 15.9. The molecule has 0 aliphatic carbocycles.